The van der Waals surface area contributed by atoms with Crippen LogP contribution in [0.1, 0.15) is 25.0 Å². The molecule has 1 aromatic heterocycles. The molecule has 0 N–H and O–H groups in total. The molecule has 2 aromatic rings. The second-order valence-corrected chi connectivity index (χ2v) is 5.42. The predicted octanol–water partition coefficient (Wildman–Crippen LogP) is 3.17. The number of likely N-dealkylation sites (tertiary alicyclic amines) is 1. The second kappa shape index (κ2) is 6.25. The van der Waals surface area contributed by atoms with Crippen molar-refractivity contribution in [1.29, 1.82) is 0 Å². The van der Waals surface area contributed by atoms with E-state index >= 15 is 0 Å². The number of hydrogen-bond donors (Lipinski definition) is 0. The molecule has 0 spiro atoms. The molecule has 0 aliphatic carbocycles. The number of aromatic nitrogens is 1. The Kier molecular flexibility index (Phi) is 4.18. The van der Waals surface area contributed by atoms with Crippen molar-refractivity contribution in [3.63, 3.8) is 0 Å². The number of piperidine rings is 1. The van der Waals surface area contributed by atoms with Crippen molar-refractivity contribution in [2.45, 2.75) is 25.7 Å². The third kappa shape index (κ3) is 3.16. The summed E-state index contributed by atoms with van der Waals surface area (Å²) in [5.41, 5.74) is 0.583. The molecule has 1 amide bonds. The number of carbonyl (C=O) groups excluding carboxylic acids is 1. The van der Waals surface area contributed by atoms with Gasteiger partial charge in [0.05, 0.1) is 17.7 Å². The molecule has 1 saturated heterocycles. The Morgan fingerprint density at radius 3 is 2.68 bits per heavy atom. The Balaban J connectivity index is 1.72. The molecule has 0 atom stereocenters. The van der Waals surface area contributed by atoms with Gasteiger partial charge in [0.1, 0.15) is 11.6 Å². The highest BCUT2D eigenvalue weighted by Gasteiger charge is 2.19. The van der Waals surface area contributed by atoms with Crippen molar-refractivity contribution in [3.8, 4) is 11.3 Å². The summed E-state index contributed by atoms with van der Waals surface area (Å²) in [4.78, 5) is 14.0. The minimum Gasteiger partial charge on any atom is -0.356 e. The first-order chi connectivity index (χ1) is 10.6. The molecule has 0 radical (unpaired) electrons. The van der Waals surface area contributed by atoms with Crippen LogP contribution in [-0.2, 0) is 11.2 Å². The lowest BCUT2D eigenvalue weighted by atomic mass is 10.1. The monoisotopic (exact) mass is 306 g/mol. The first kappa shape index (κ1) is 14.7. The van der Waals surface area contributed by atoms with E-state index < -0.39 is 11.6 Å². The van der Waals surface area contributed by atoms with Crippen molar-refractivity contribution in [2.75, 3.05) is 13.1 Å². The van der Waals surface area contributed by atoms with Gasteiger partial charge in [-0.15, -0.1) is 0 Å². The normalized spacial score (nSPS) is 15.1. The molecule has 116 valence electrons. The van der Waals surface area contributed by atoms with Crippen LogP contribution in [0.4, 0.5) is 8.78 Å². The number of carbonyl (C=O) groups is 1. The lowest BCUT2D eigenvalue weighted by Gasteiger charge is -2.26. The SMILES string of the molecule is O=C(Cc1cc(-c2ccc(F)cc2F)on1)N1CCCCC1. The van der Waals surface area contributed by atoms with E-state index in [2.05, 4.69) is 5.16 Å². The van der Waals surface area contributed by atoms with Crippen molar-refractivity contribution < 1.29 is 18.1 Å². The van der Waals surface area contributed by atoms with E-state index in [0.29, 0.717) is 5.69 Å². The number of hydrogen-bond acceptors (Lipinski definition) is 3. The Hall–Kier alpha value is -2.24. The summed E-state index contributed by atoms with van der Waals surface area (Å²) >= 11 is 0. The standard InChI is InChI=1S/C16H16F2N2O2/c17-11-4-5-13(14(18)8-11)15-9-12(19-22-15)10-16(21)20-6-2-1-3-7-20/h4-5,8-9H,1-3,6-7,10H2. The smallest absolute Gasteiger partial charge is 0.228 e. The first-order valence-corrected chi connectivity index (χ1v) is 7.32. The summed E-state index contributed by atoms with van der Waals surface area (Å²) in [6, 6.07) is 4.76. The van der Waals surface area contributed by atoms with Gasteiger partial charge in [-0.25, -0.2) is 8.78 Å². The topological polar surface area (TPSA) is 46.3 Å². The van der Waals surface area contributed by atoms with Gasteiger partial charge < -0.3 is 9.42 Å². The fourth-order valence-electron chi connectivity index (χ4n) is 2.62. The third-order valence-electron chi connectivity index (χ3n) is 3.80. The molecule has 1 aliphatic rings. The van der Waals surface area contributed by atoms with Gasteiger partial charge in [0.25, 0.3) is 0 Å². The minimum atomic E-state index is -0.718. The summed E-state index contributed by atoms with van der Waals surface area (Å²) in [5.74, 6) is -1.18. The zero-order chi connectivity index (χ0) is 15.5. The summed E-state index contributed by atoms with van der Waals surface area (Å²) in [5, 5.41) is 3.81. The van der Waals surface area contributed by atoms with Gasteiger partial charge in [0.2, 0.25) is 5.91 Å². The van der Waals surface area contributed by atoms with Crippen molar-refractivity contribution >= 4 is 5.91 Å². The fourth-order valence-corrected chi connectivity index (χ4v) is 2.62. The number of rotatable bonds is 3. The number of nitrogens with zero attached hydrogens (tertiary/aromatic N) is 2. The lowest BCUT2D eigenvalue weighted by Crippen LogP contribution is -2.36. The summed E-state index contributed by atoms with van der Waals surface area (Å²) in [7, 11) is 0. The van der Waals surface area contributed by atoms with Crippen LogP contribution in [0.5, 0.6) is 0 Å². The van der Waals surface area contributed by atoms with Gasteiger partial charge in [-0.2, -0.15) is 0 Å². The Morgan fingerprint density at radius 1 is 1.18 bits per heavy atom. The lowest BCUT2D eigenvalue weighted by molar-refractivity contribution is -0.131. The fraction of sp³-hybridized carbons (Fsp3) is 0.375. The second-order valence-electron chi connectivity index (χ2n) is 5.42. The van der Waals surface area contributed by atoms with Crippen molar-refractivity contribution in [1.82, 2.24) is 10.1 Å². The maximum atomic E-state index is 13.7. The van der Waals surface area contributed by atoms with Crippen LogP contribution in [0.3, 0.4) is 0 Å². The van der Waals surface area contributed by atoms with Crippen LogP contribution >= 0.6 is 0 Å². The zero-order valence-corrected chi connectivity index (χ0v) is 12.0. The van der Waals surface area contributed by atoms with E-state index in [1.165, 1.54) is 12.1 Å². The quantitative estimate of drug-likeness (QED) is 0.875. The number of halogens is 2. The summed E-state index contributed by atoms with van der Waals surface area (Å²) in [6.07, 6.45) is 3.33. The molecule has 3 rings (SSSR count). The maximum absolute atomic E-state index is 13.7. The van der Waals surface area contributed by atoms with Crippen LogP contribution < -0.4 is 0 Å². The largest absolute Gasteiger partial charge is 0.356 e. The Morgan fingerprint density at radius 2 is 1.95 bits per heavy atom. The molecule has 6 heteroatoms. The molecule has 1 fully saturated rings. The van der Waals surface area contributed by atoms with Crippen LogP contribution in [0.2, 0.25) is 0 Å². The zero-order valence-electron chi connectivity index (χ0n) is 12.0. The van der Waals surface area contributed by atoms with E-state index in [0.717, 1.165) is 44.5 Å². The third-order valence-corrected chi connectivity index (χ3v) is 3.80. The van der Waals surface area contributed by atoms with E-state index in [-0.39, 0.29) is 23.7 Å². The summed E-state index contributed by atoms with van der Waals surface area (Å²) in [6.45, 7) is 1.55. The van der Waals surface area contributed by atoms with Gasteiger partial charge in [-0.1, -0.05) is 5.16 Å². The van der Waals surface area contributed by atoms with E-state index in [4.69, 9.17) is 4.52 Å². The maximum Gasteiger partial charge on any atom is 0.228 e. The Bertz CT molecular complexity index is 679. The average molecular weight is 306 g/mol. The molecule has 1 aliphatic heterocycles. The van der Waals surface area contributed by atoms with Crippen LogP contribution in [-0.4, -0.2) is 29.1 Å². The minimum absolute atomic E-state index is 0.000807. The molecule has 0 saturated carbocycles. The van der Waals surface area contributed by atoms with E-state index in [1.807, 2.05) is 4.90 Å². The van der Waals surface area contributed by atoms with Gasteiger partial charge in [0.15, 0.2) is 5.76 Å². The highest BCUT2D eigenvalue weighted by Crippen LogP contribution is 2.24. The van der Waals surface area contributed by atoms with Crippen molar-refractivity contribution in [2.24, 2.45) is 0 Å². The van der Waals surface area contributed by atoms with Crippen molar-refractivity contribution in [3.05, 3.63) is 41.6 Å². The highest BCUT2D eigenvalue weighted by atomic mass is 19.1. The number of benzene rings is 1. The molecule has 22 heavy (non-hydrogen) atoms. The molecule has 4 nitrogen and oxygen atoms in total. The predicted molar refractivity (Wildman–Crippen MR) is 76.0 cm³/mol. The molecular weight excluding hydrogens is 290 g/mol. The molecule has 0 bridgehead atoms. The molecule has 2 heterocycles. The van der Waals surface area contributed by atoms with Crippen LogP contribution in [0, 0.1) is 11.6 Å². The van der Waals surface area contributed by atoms with E-state index in [9.17, 15) is 13.6 Å². The Labute approximate surface area is 126 Å². The number of amides is 1. The average Bonchev–Trinajstić information content (AvgIpc) is 2.96. The van der Waals surface area contributed by atoms with Crippen LogP contribution in [0.15, 0.2) is 28.8 Å². The molecule has 0 unspecified atom stereocenters. The highest BCUT2D eigenvalue weighted by molar-refractivity contribution is 5.78. The van der Waals surface area contributed by atoms with E-state index in [1.54, 1.807) is 0 Å². The van der Waals surface area contributed by atoms with Gasteiger partial charge in [-0.05, 0) is 31.4 Å². The summed E-state index contributed by atoms with van der Waals surface area (Å²) < 4.78 is 31.7. The molecule has 1 aromatic carbocycles. The molecular formula is C16H16F2N2O2. The van der Waals surface area contributed by atoms with Gasteiger partial charge in [-0.3, -0.25) is 4.79 Å². The first-order valence-electron chi connectivity index (χ1n) is 7.32. The van der Waals surface area contributed by atoms with Gasteiger partial charge >= 0.3 is 0 Å². The van der Waals surface area contributed by atoms with Crippen LogP contribution in [0.25, 0.3) is 11.3 Å². The van der Waals surface area contributed by atoms with Gasteiger partial charge in [0, 0.05) is 25.2 Å².